The highest BCUT2D eigenvalue weighted by molar-refractivity contribution is 5.36. The van der Waals surface area contributed by atoms with Crippen LogP contribution >= 0.6 is 0 Å². The summed E-state index contributed by atoms with van der Waals surface area (Å²) in [6.07, 6.45) is 10.3. The number of nitrogens with two attached hydrogens (primary N) is 1. The SMILES string of the molecule is CCC(C)(C)c1cc(CCC[C@H](C)N)cc(C2CCCC2)c1. The Morgan fingerprint density at radius 1 is 1.18 bits per heavy atom. The van der Waals surface area contributed by atoms with Crippen molar-refractivity contribution in [3.8, 4) is 0 Å². The van der Waals surface area contributed by atoms with Gasteiger partial charge in [0.2, 0.25) is 0 Å². The Balaban J connectivity index is 2.23. The van der Waals surface area contributed by atoms with Crippen LogP contribution in [0.5, 0.6) is 0 Å². The molecule has 0 saturated heterocycles. The van der Waals surface area contributed by atoms with E-state index in [1.54, 1.807) is 5.56 Å². The second kappa shape index (κ2) is 7.64. The van der Waals surface area contributed by atoms with Crippen LogP contribution in [0, 0.1) is 0 Å². The second-order valence-electron chi connectivity index (χ2n) is 8.05. The Morgan fingerprint density at radius 3 is 2.45 bits per heavy atom. The van der Waals surface area contributed by atoms with Gasteiger partial charge in [-0.1, -0.05) is 51.8 Å². The molecule has 1 aromatic carbocycles. The molecule has 1 heteroatoms. The molecule has 2 N–H and O–H groups in total. The fourth-order valence-corrected chi connectivity index (χ4v) is 3.58. The van der Waals surface area contributed by atoms with Gasteiger partial charge in [-0.2, -0.15) is 0 Å². The maximum atomic E-state index is 5.91. The highest BCUT2D eigenvalue weighted by Gasteiger charge is 2.23. The van der Waals surface area contributed by atoms with Crippen molar-refractivity contribution < 1.29 is 0 Å². The molecule has 0 aliphatic heterocycles. The molecular weight excluding hydrogens is 266 g/mol. The Bertz CT molecular complexity index is 467. The minimum Gasteiger partial charge on any atom is -0.328 e. The summed E-state index contributed by atoms with van der Waals surface area (Å²) in [5.41, 5.74) is 10.9. The Kier molecular flexibility index (Phi) is 6.09. The van der Waals surface area contributed by atoms with Crippen molar-refractivity contribution in [1.29, 1.82) is 0 Å². The molecule has 124 valence electrons. The summed E-state index contributed by atoms with van der Waals surface area (Å²) in [5.74, 6) is 0.805. The van der Waals surface area contributed by atoms with E-state index in [1.807, 2.05) is 0 Å². The monoisotopic (exact) mass is 301 g/mol. The molecule has 22 heavy (non-hydrogen) atoms. The second-order valence-corrected chi connectivity index (χ2v) is 8.05. The summed E-state index contributed by atoms with van der Waals surface area (Å²) in [5, 5.41) is 0. The Morgan fingerprint density at radius 2 is 1.86 bits per heavy atom. The molecule has 0 bridgehead atoms. The molecule has 1 atom stereocenters. The molecule has 1 nitrogen and oxygen atoms in total. The zero-order valence-corrected chi connectivity index (χ0v) is 15.1. The van der Waals surface area contributed by atoms with Crippen molar-refractivity contribution in [3.63, 3.8) is 0 Å². The van der Waals surface area contributed by atoms with Crippen molar-refractivity contribution in [3.05, 3.63) is 34.9 Å². The lowest BCUT2D eigenvalue weighted by molar-refractivity contribution is 0.504. The maximum Gasteiger partial charge on any atom is 0.00105 e. The summed E-state index contributed by atoms with van der Waals surface area (Å²) >= 11 is 0. The Hall–Kier alpha value is -0.820. The van der Waals surface area contributed by atoms with E-state index < -0.39 is 0 Å². The van der Waals surface area contributed by atoms with Crippen LogP contribution < -0.4 is 5.73 Å². The normalized spacial score (nSPS) is 17.9. The topological polar surface area (TPSA) is 26.0 Å². The van der Waals surface area contributed by atoms with Crippen LogP contribution in [0.25, 0.3) is 0 Å². The first-order valence-electron chi connectivity index (χ1n) is 9.32. The standard InChI is InChI=1S/C21H35N/c1-5-21(3,4)20-14-17(10-8-9-16(2)22)13-19(15-20)18-11-6-7-12-18/h13-16,18H,5-12,22H2,1-4H3/t16-/m0/s1. The summed E-state index contributed by atoms with van der Waals surface area (Å²) in [7, 11) is 0. The van der Waals surface area contributed by atoms with Gasteiger partial charge in [-0.25, -0.2) is 0 Å². The van der Waals surface area contributed by atoms with Crippen LogP contribution in [0.1, 0.15) is 95.2 Å². The number of rotatable bonds is 7. The molecule has 1 aliphatic carbocycles. The minimum atomic E-state index is 0.282. The number of hydrogen-bond donors (Lipinski definition) is 1. The molecule has 2 rings (SSSR count). The molecule has 0 spiro atoms. The zero-order chi connectivity index (χ0) is 16.2. The molecule has 0 amide bonds. The molecular formula is C21H35N. The van der Waals surface area contributed by atoms with Crippen LogP contribution in [0.2, 0.25) is 0 Å². The summed E-state index contributed by atoms with van der Waals surface area (Å²) in [4.78, 5) is 0. The van der Waals surface area contributed by atoms with Crippen molar-refractivity contribution in [2.24, 2.45) is 5.73 Å². The van der Waals surface area contributed by atoms with E-state index in [4.69, 9.17) is 5.73 Å². The average Bonchev–Trinajstić information content (AvgIpc) is 3.01. The summed E-state index contributed by atoms with van der Waals surface area (Å²) in [6.45, 7) is 9.18. The lowest BCUT2D eigenvalue weighted by Gasteiger charge is -2.26. The van der Waals surface area contributed by atoms with Crippen molar-refractivity contribution in [1.82, 2.24) is 0 Å². The van der Waals surface area contributed by atoms with Gasteiger partial charge in [0, 0.05) is 6.04 Å². The van der Waals surface area contributed by atoms with Gasteiger partial charge in [0.15, 0.2) is 0 Å². The van der Waals surface area contributed by atoms with Gasteiger partial charge >= 0.3 is 0 Å². The van der Waals surface area contributed by atoms with Crippen LogP contribution in [-0.4, -0.2) is 6.04 Å². The van der Waals surface area contributed by atoms with E-state index in [1.165, 1.54) is 56.1 Å². The zero-order valence-electron chi connectivity index (χ0n) is 15.1. The van der Waals surface area contributed by atoms with Gasteiger partial charge in [-0.15, -0.1) is 0 Å². The first-order chi connectivity index (χ1) is 10.4. The molecule has 0 unspecified atom stereocenters. The highest BCUT2D eigenvalue weighted by Crippen LogP contribution is 2.37. The number of benzene rings is 1. The maximum absolute atomic E-state index is 5.91. The predicted octanol–water partition coefficient (Wildman–Crippen LogP) is 5.70. The third-order valence-corrected chi connectivity index (χ3v) is 5.63. The van der Waals surface area contributed by atoms with Crippen LogP contribution in [-0.2, 0) is 11.8 Å². The van der Waals surface area contributed by atoms with E-state index in [9.17, 15) is 0 Å². The smallest absolute Gasteiger partial charge is 0.00105 e. The predicted molar refractivity (Wildman–Crippen MR) is 97.6 cm³/mol. The molecule has 0 radical (unpaired) electrons. The minimum absolute atomic E-state index is 0.282. The van der Waals surface area contributed by atoms with E-state index in [2.05, 4.69) is 45.9 Å². The molecule has 0 heterocycles. The first kappa shape index (κ1) is 17.5. The van der Waals surface area contributed by atoms with E-state index >= 15 is 0 Å². The van der Waals surface area contributed by atoms with Crippen LogP contribution in [0.15, 0.2) is 18.2 Å². The van der Waals surface area contributed by atoms with Gasteiger partial charge in [-0.05, 0) is 73.5 Å². The van der Waals surface area contributed by atoms with E-state index in [0.29, 0.717) is 6.04 Å². The molecule has 1 aromatic rings. The Labute approximate surface area is 137 Å². The van der Waals surface area contributed by atoms with Gasteiger partial charge in [0.05, 0.1) is 0 Å². The highest BCUT2D eigenvalue weighted by atomic mass is 14.6. The summed E-state index contributed by atoms with van der Waals surface area (Å²) < 4.78 is 0. The van der Waals surface area contributed by atoms with Crippen molar-refractivity contribution in [2.45, 2.75) is 96.4 Å². The largest absolute Gasteiger partial charge is 0.328 e. The molecule has 0 aromatic heterocycles. The van der Waals surface area contributed by atoms with Crippen LogP contribution in [0.3, 0.4) is 0 Å². The third-order valence-electron chi connectivity index (χ3n) is 5.63. The molecule has 1 saturated carbocycles. The van der Waals surface area contributed by atoms with E-state index in [-0.39, 0.29) is 5.41 Å². The number of aryl methyl sites for hydroxylation is 1. The number of hydrogen-bond acceptors (Lipinski definition) is 1. The fraction of sp³-hybridized carbons (Fsp3) is 0.714. The lowest BCUT2D eigenvalue weighted by Crippen LogP contribution is -2.17. The third kappa shape index (κ3) is 4.59. The first-order valence-corrected chi connectivity index (χ1v) is 9.32. The van der Waals surface area contributed by atoms with Gasteiger partial charge in [0.25, 0.3) is 0 Å². The quantitative estimate of drug-likeness (QED) is 0.686. The summed E-state index contributed by atoms with van der Waals surface area (Å²) in [6, 6.07) is 7.79. The fourth-order valence-electron chi connectivity index (χ4n) is 3.58. The van der Waals surface area contributed by atoms with Gasteiger partial charge < -0.3 is 5.73 Å². The molecule has 1 aliphatic rings. The molecule has 1 fully saturated rings. The average molecular weight is 302 g/mol. The van der Waals surface area contributed by atoms with Crippen LogP contribution in [0.4, 0.5) is 0 Å². The lowest BCUT2D eigenvalue weighted by atomic mass is 9.79. The van der Waals surface area contributed by atoms with Crippen molar-refractivity contribution >= 4 is 0 Å². The van der Waals surface area contributed by atoms with E-state index in [0.717, 1.165) is 12.3 Å². The van der Waals surface area contributed by atoms with Crippen molar-refractivity contribution in [2.75, 3.05) is 0 Å². The van der Waals surface area contributed by atoms with Gasteiger partial charge in [0.1, 0.15) is 0 Å². The van der Waals surface area contributed by atoms with Gasteiger partial charge in [-0.3, -0.25) is 0 Å².